The predicted molar refractivity (Wildman–Crippen MR) is 101 cm³/mol. The summed E-state index contributed by atoms with van der Waals surface area (Å²) in [4.78, 5) is 19.5. The van der Waals surface area contributed by atoms with Gasteiger partial charge in [-0.3, -0.25) is 4.57 Å². The van der Waals surface area contributed by atoms with Gasteiger partial charge in [-0.1, -0.05) is 20.8 Å². The maximum absolute atomic E-state index is 12.4. The number of nitrogens with one attached hydrogen (secondary N) is 1. The van der Waals surface area contributed by atoms with Gasteiger partial charge in [0.05, 0.1) is 29.4 Å². The van der Waals surface area contributed by atoms with Gasteiger partial charge in [0.15, 0.2) is 8.32 Å². The molecule has 0 bridgehead atoms. The van der Waals surface area contributed by atoms with Crippen molar-refractivity contribution in [3.05, 3.63) is 27.4 Å². The van der Waals surface area contributed by atoms with Gasteiger partial charge in [-0.25, -0.2) is 9.78 Å². The van der Waals surface area contributed by atoms with Crippen molar-refractivity contribution >= 4 is 35.3 Å². The number of rotatable bonds is 4. The number of nitrogens with zero attached hydrogens (tertiary/aromatic N) is 2. The Morgan fingerprint density at radius 2 is 1.91 bits per heavy atom. The minimum absolute atomic E-state index is 0.135. The van der Waals surface area contributed by atoms with Crippen LogP contribution in [0.3, 0.4) is 0 Å². The Bertz CT molecular complexity index is 772. The molecular formula is C16H26BrN3O2Si. The second-order valence-corrected chi connectivity index (χ2v) is 13.8. The summed E-state index contributed by atoms with van der Waals surface area (Å²) in [5.41, 5.74) is 0.981. The number of fused-ring (bicyclic) bond motifs is 1. The molecule has 7 heteroatoms. The molecule has 0 saturated heterocycles. The third-order valence-electron chi connectivity index (χ3n) is 4.73. The van der Waals surface area contributed by atoms with Gasteiger partial charge in [0.25, 0.3) is 0 Å². The van der Waals surface area contributed by atoms with Crippen LogP contribution in [0.5, 0.6) is 0 Å². The zero-order chi connectivity index (χ0) is 17.6. The standard InChI is InChI=1S/C16H26BrN3O2Si/c1-15(2,3)23(6,7)22-10-16(4,5)20-12-8-13(17)18-9-11(12)19-14(20)21/h8-9H,10H2,1-7H3,(H,19,21). The Morgan fingerprint density at radius 3 is 2.48 bits per heavy atom. The molecule has 1 N–H and O–H groups in total. The molecule has 5 nitrogen and oxygen atoms in total. The number of hydrogen-bond acceptors (Lipinski definition) is 3. The van der Waals surface area contributed by atoms with Crippen molar-refractivity contribution in [1.29, 1.82) is 0 Å². The molecule has 2 aromatic rings. The fraction of sp³-hybridized carbons (Fsp3) is 0.625. The van der Waals surface area contributed by atoms with E-state index in [1.54, 1.807) is 10.8 Å². The molecule has 0 atom stereocenters. The minimum atomic E-state index is -1.87. The third-order valence-corrected chi connectivity index (χ3v) is 9.64. The van der Waals surface area contributed by atoms with Crippen molar-refractivity contribution in [3.63, 3.8) is 0 Å². The fourth-order valence-corrected chi connectivity index (χ4v) is 3.69. The molecule has 0 amide bonds. The van der Waals surface area contributed by atoms with E-state index in [-0.39, 0.29) is 10.7 Å². The van der Waals surface area contributed by atoms with Crippen LogP contribution in [0.1, 0.15) is 34.6 Å². The summed E-state index contributed by atoms with van der Waals surface area (Å²) in [6, 6.07) is 1.86. The van der Waals surface area contributed by atoms with Gasteiger partial charge in [-0.15, -0.1) is 0 Å². The Kier molecular flexibility index (Phi) is 4.69. The summed E-state index contributed by atoms with van der Waals surface area (Å²) in [6.45, 7) is 15.7. The molecule has 0 aliphatic rings. The van der Waals surface area contributed by atoms with E-state index in [0.717, 1.165) is 11.0 Å². The van der Waals surface area contributed by atoms with E-state index in [1.165, 1.54) is 0 Å². The minimum Gasteiger partial charge on any atom is -0.414 e. The van der Waals surface area contributed by atoms with Crippen molar-refractivity contribution in [1.82, 2.24) is 14.5 Å². The van der Waals surface area contributed by atoms with Crippen LogP contribution in [0.15, 0.2) is 21.7 Å². The van der Waals surface area contributed by atoms with Gasteiger partial charge in [-0.05, 0) is 54.0 Å². The molecule has 0 aromatic carbocycles. The van der Waals surface area contributed by atoms with Crippen LogP contribution in [0.25, 0.3) is 11.0 Å². The number of pyridine rings is 1. The molecular weight excluding hydrogens is 374 g/mol. The van der Waals surface area contributed by atoms with E-state index >= 15 is 0 Å². The number of H-pyrrole nitrogens is 1. The maximum atomic E-state index is 12.4. The second kappa shape index (κ2) is 5.86. The van der Waals surface area contributed by atoms with Crippen LogP contribution in [-0.4, -0.2) is 29.5 Å². The number of aromatic amines is 1. The summed E-state index contributed by atoms with van der Waals surface area (Å²) >= 11 is 3.37. The van der Waals surface area contributed by atoms with Gasteiger partial charge in [0.1, 0.15) is 4.60 Å². The van der Waals surface area contributed by atoms with Gasteiger partial charge in [0.2, 0.25) is 0 Å². The highest BCUT2D eigenvalue weighted by Crippen LogP contribution is 2.37. The van der Waals surface area contributed by atoms with Crippen molar-refractivity contribution in [2.45, 2.75) is 58.3 Å². The van der Waals surface area contributed by atoms with Crippen LogP contribution in [-0.2, 0) is 9.96 Å². The van der Waals surface area contributed by atoms with E-state index in [4.69, 9.17) is 4.43 Å². The SMILES string of the molecule is CC(C)(CO[Si](C)(C)C(C)(C)C)n1c(=O)[nH]c2cnc(Br)cc21. The van der Waals surface area contributed by atoms with Crippen LogP contribution in [0.2, 0.25) is 18.1 Å². The lowest BCUT2D eigenvalue weighted by Gasteiger charge is -2.39. The van der Waals surface area contributed by atoms with Crippen molar-refractivity contribution in [2.24, 2.45) is 0 Å². The molecule has 2 aromatic heterocycles. The van der Waals surface area contributed by atoms with Crippen LogP contribution >= 0.6 is 15.9 Å². The second-order valence-electron chi connectivity index (χ2n) is 8.15. The topological polar surface area (TPSA) is 59.9 Å². The first kappa shape index (κ1) is 18.4. The zero-order valence-electron chi connectivity index (χ0n) is 15.0. The molecule has 0 aliphatic heterocycles. The van der Waals surface area contributed by atoms with Gasteiger partial charge in [0, 0.05) is 0 Å². The zero-order valence-corrected chi connectivity index (χ0v) is 17.5. The molecule has 0 unspecified atom stereocenters. The van der Waals surface area contributed by atoms with Crippen LogP contribution < -0.4 is 5.69 Å². The fourth-order valence-electron chi connectivity index (χ4n) is 2.22. The average Bonchev–Trinajstić information content (AvgIpc) is 2.71. The van der Waals surface area contributed by atoms with Gasteiger partial charge >= 0.3 is 5.69 Å². The Labute approximate surface area is 146 Å². The first-order valence-electron chi connectivity index (χ1n) is 7.76. The summed E-state index contributed by atoms with van der Waals surface area (Å²) in [5.74, 6) is 0. The number of imidazole rings is 1. The smallest absolute Gasteiger partial charge is 0.327 e. The van der Waals surface area contributed by atoms with Gasteiger partial charge in [-0.2, -0.15) is 0 Å². The highest BCUT2D eigenvalue weighted by molar-refractivity contribution is 9.10. The number of hydrogen-bond donors (Lipinski definition) is 1. The Morgan fingerprint density at radius 1 is 1.30 bits per heavy atom. The predicted octanol–water partition coefficient (Wildman–Crippen LogP) is 4.24. The van der Waals surface area contributed by atoms with E-state index < -0.39 is 13.9 Å². The lowest BCUT2D eigenvalue weighted by molar-refractivity contribution is 0.169. The van der Waals surface area contributed by atoms with Crippen molar-refractivity contribution in [3.8, 4) is 0 Å². The highest BCUT2D eigenvalue weighted by Gasteiger charge is 2.39. The molecule has 2 rings (SSSR count). The molecule has 128 valence electrons. The van der Waals surface area contributed by atoms with E-state index in [9.17, 15) is 4.79 Å². The number of halogens is 1. The van der Waals surface area contributed by atoms with Crippen molar-refractivity contribution < 1.29 is 4.43 Å². The van der Waals surface area contributed by atoms with E-state index in [1.807, 2.05) is 19.9 Å². The van der Waals surface area contributed by atoms with Crippen molar-refractivity contribution in [2.75, 3.05) is 6.61 Å². The van der Waals surface area contributed by atoms with E-state index in [2.05, 4.69) is 59.8 Å². The first-order chi connectivity index (χ1) is 10.3. The lowest BCUT2D eigenvalue weighted by Crippen LogP contribution is -2.47. The Balaban J connectivity index is 2.39. The molecule has 0 aliphatic carbocycles. The summed E-state index contributed by atoms with van der Waals surface area (Å²) in [5, 5.41) is 0.140. The third kappa shape index (κ3) is 3.61. The Hall–Kier alpha value is -0.923. The average molecular weight is 400 g/mol. The maximum Gasteiger partial charge on any atom is 0.327 e. The van der Waals surface area contributed by atoms with E-state index in [0.29, 0.717) is 11.2 Å². The molecule has 0 fully saturated rings. The monoisotopic (exact) mass is 399 g/mol. The lowest BCUT2D eigenvalue weighted by atomic mass is 10.1. The summed E-state index contributed by atoms with van der Waals surface area (Å²) < 4.78 is 8.83. The molecule has 0 saturated carbocycles. The quantitative estimate of drug-likeness (QED) is 0.617. The molecule has 2 heterocycles. The molecule has 23 heavy (non-hydrogen) atoms. The first-order valence-corrected chi connectivity index (χ1v) is 11.5. The number of aromatic nitrogens is 3. The normalized spacial score (nSPS) is 13.7. The summed E-state index contributed by atoms with van der Waals surface area (Å²) in [6.07, 6.45) is 1.67. The largest absolute Gasteiger partial charge is 0.414 e. The molecule has 0 spiro atoms. The van der Waals surface area contributed by atoms with Crippen LogP contribution in [0.4, 0.5) is 0 Å². The highest BCUT2D eigenvalue weighted by atomic mass is 79.9. The van der Waals surface area contributed by atoms with Crippen LogP contribution in [0, 0.1) is 0 Å². The van der Waals surface area contributed by atoms with Gasteiger partial charge < -0.3 is 9.41 Å². The summed E-state index contributed by atoms with van der Waals surface area (Å²) in [7, 11) is -1.87. The molecule has 0 radical (unpaired) electrons.